The molecular weight excluding hydrogens is 449 g/mol. The lowest BCUT2D eigenvalue weighted by Gasteiger charge is -2.15. The molecule has 10 heteroatoms. The van der Waals surface area contributed by atoms with Crippen molar-refractivity contribution >= 4 is 19.8 Å². The molecule has 0 aliphatic carbocycles. The van der Waals surface area contributed by atoms with Gasteiger partial charge in [0.15, 0.2) is 0 Å². The number of aliphatic carboxylic acids is 1. The van der Waals surface area contributed by atoms with Crippen LogP contribution < -0.4 is 5.32 Å². The maximum atomic E-state index is 11.7. The van der Waals surface area contributed by atoms with Gasteiger partial charge in [-0.15, -0.1) is 0 Å². The summed E-state index contributed by atoms with van der Waals surface area (Å²) >= 11 is 0. The maximum Gasteiger partial charge on any atom is 0.472 e. The van der Waals surface area contributed by atoms with Gasteiger partial charge in [0, 0.05) is 12.8 Å². The molecule has 0 amide bonds. The first-order valence-corrected chi connectivity index (χ1v) is 14.0. The van der Waals surface area contributed by atoms with Crippen LogP contribution in [0.25, 0.3) is 0 Å². The minimum atomic E-state index is -4.35. The maximum absolute atomic E-state index is 11.7. The highest BCUT2D eigenvalue weighted by atomic mass is 31.2. The van der Waals surface area contributed by atoms with Crippen molar-refractivity contribution in [2.75, 3.05) is 26.9 Å². The van der Waals surface area contributed by atoms with E-state index in [4.69, 9.17) is 14.4 Å². The summed E-state index contributed by atoms with van der Waals surface area (Å²) in [4.78, 5) is 32.1. The number of ether oxygens (including phenoxy) is 1. The van der Waals surface area contributed by atoms with E-state index < -0.39 is 26.4 Å². The molecule has 2 atom stereocenters. The summed E-state index contributed by atoms with van der Waals surface area (Å²) in [5, 5.41) is 11.3. The molecule has 0 rings (SSSR count). The van der Waals surface area contributed by atoms with Crippen molar-refractivity contribution in [2.24, 2.45) is 0 Å². The third kappa shape index (κ3) is 21.3. The van der Waals surface area contributed by atoms with Gasteiger partial charge in [0.1, 0.15) is 6.04 Å². The van der Waals surface area contributed by atoms with Crippen molar-refractivity contribution in [3.05, 3.63) is 0 Å². The number of likely N-dealkylation sites (N-methyl/N-ethyl adjacent to an activating group) is 1. The average Bonchev–Trinajstić information content (AvgIpc) is 2.76. The number of hydrogen-bond donors (Lipinski definition) is 3. The monoisotopic (exact) mass is 495 g/mol. The van der Waals surface area contributed by atoms with E-state index in [-0.39, 0.29) is 25.6 Å². The number of nitrogens with one attached hydrogen (secondary N) is 1. The molecule has 3 N–H and O–H groups in total. The largest absolute Gasteiger partial charge is 0.480 e. The number of carbonyl (C=O) groups is 2. The first-order valence-electron chi connectivity index (χ1n) is 12.5. The number of carboxylic acid groups (broad SMARTS) is 1. The SMILES string of the molecule is CCCCCCCCCCCCCCCC(=O)OCCCOP(=O)(O)OCC(NC)C(=O)O. The quantitative estimate of drug-likeness (QED) is 0.0938. The van der Waals surface area contributed by atoms with Gasteiger partial charge in [-0.25, -0.2) is 4.57 Å². The summed E-state index contributed by atoms with van der Waals surface area (Å²) in [6.07, 6.45) is 16.8. The summed E-state index contributed by atoms with van der Waals surface area (Å²) < 4.78 is 26.2. The molecule has 2 unspecified atom stereocenters. The van der Waals surface area contributed by atoms with E-state index >= 15 is 0 Å². The Balaban J connectivity index is 3.50. The van der Waals surface area contributed by atoms with E-state index in [0.717, 1.165) is 19.3 Å². The van der Waals surface area contributed by atoms with Crippen LogP contribution in [0.3, 0.4) is 0 Å². The van der Waals surface area contributed by atoms with Gasteiger partial charge in [0.25, 0.3) is 0 Å². The average molecular weight is 496 g/mol. The third-order valence-electron chi connectivity index (χ3n) is 5.34. The Morgan fingerprint density at radius 2 is 1.33 bits per heavy atom. The third-order valence-corrected chi connectivity index (χ3v) is 6.33. The van der Waals surface area contributed by atoms with Crippen LogP contribution >= 0.6 is 7.82 Å². The number of rotatable bonds is 24. The molecule has 0 bridgehead atoms. The number of phosphoric acid groups is 1. The van der Waals surface area contributed by atoms with Gasteiger partial charge in [-0.3, -0.25) is 18.6 Å². The predicted octanol–water partition coefficient (Wildman–Crippen LogP) is 5.21. The van der Waals surface area contributed by atoms with Crippen LogP contribution in [-0.2, 0) is 27.9 Å². The number of carbonyl (C=O) groups excluding carboxylic acids is 1. The molecule has 0 radical (unpaired) electrons. The van der Waals surface area contributed by atoms with Crippen LogP contribution in [0.15, 0.2) is 0 Å². The fourth-order valence-corrected chi connectivity index (χ4v) is 4.04. The molecule has 9 nitrogen and oxygen atoms in total. The lowest BCUT2D eigenvalue weighted by molar-refractivity contribution is -0.144. The normalized spacial score (nSPS) is 14.0. The van der Waals surface area contributed by atoms with Crippen LogP contribution in [0.4, 0.5) is 0 Å². The highest BCUT2D eigenvalue weighted by Gasteiger charge is 2.25. The first-order chi connectivity index (χ1) is 15.8. The second-order valence-electron chi connectivity index (χ2n) is 8.34. The molecule has 0 aromatic heterocycles. The smallest absolute Gasteiger partial charge is 0.472 e. The zero-order chi connectivity index (χ0) is 24.8. The van der Waals surface area contributed by atoms with E-state index in [1.807, 2.05) is 0 Å². The van der Waals surface area contributed by atoms with Gasteiger partial charge in [-0.1, -0.05) is 84.0 Å². The molecular formula is C23H46NO8P. The van der Waals surface area contributed by atoms with Crippen LogP contribution in [0.1, 0.15) is 103 Å². The Morgan fingerprint density at radius 3 is 1.82 bits per heavy atom. The van der Waals surface area contributed by atoms with Crippen LogP contribution in [0.5, 0.6) is 0 Å². The molecule has 0 aromatic rings. The summed E-state index contributed by atoms with van der Waals surface area (Å²) in [5.41, 5.74) is 0. The molecule has 0 fully saturated rings. The van der Waals surface area contributed by atoms with E-state index in [1.165, 1.54) is 71.3 Å². The summed E-state index contributed by atoms with van der Waals surface area (Å²) in [7, 11) is -2.95. The van der Waals surface area contributed by atoms with Crippen LogP contribution in [0.2, 0.25) is 0 Å². The Kier molecular flexibility index (Phi) is 20.9. The topological polar surface area (TPSA) is 131 Å². The number of esters is 1. The number of unbranched alkanes of at least 4 members (excludes halogenated alkanes) is 12. The van der Waals surface area contributed by atoms with Crippen molar-refractivity contribution in [2.45, 2.75) is 109 Å². The summed E-state index contributed by atoms with van der Waals surface area (Å²) in [6.45, 7) is 1.68. The molecule has 0 aliphatic heterocycles. The molecule has 0 spiro atoms. The minimum absolute atomic E-state index is 0.0888. The molecule has 0 saturated carbocycles. The molecule has 0 aromatic carbocycles. The van der Waals surface area contributed by atoms with Crippen molar-refractivity contribution < 1.29 is 37.9 Å². The fourth-order valence-electron chi connectivity index (χ4n) is 3.27. The van der Waals surface area contributed by atoms with E-state index in [1.54, 1.807) is 0 Å². The molecule has 196 valence electrons. The van der Waals surface area contributed by atoms with Gasteiger partial charge < -0.3 is 20.1 Å². The van der Waals surface area contributed by atoms with Gasteiger partial charge in [0.05, 0.1) is 19.8 Å². The van der Waals surface area contributed by atoms with Gasteiger partial charge in [-0.05, 0) is 13.5 Å². The molecule has 0 aliphatic rings. The highest BCUT2D eigenvalue weighted by Crippen LogP contribution is 2.43. The van der Waals surface area contributed by atoms with E-state index in [2.05, 4.69) is 16.8 Å². The summed E-state index contributed by atoms with van der Waals surface area (Å²) in [6, 6.07) is -1.11. The zero-order valence-electron chi connectivity index (χ0n) is 20.6. The Labute approximate surface area is 199 Å². The molecule has 33 heavy (non-hydrogen) atoms. The predicted molar refractivity (Wildman–Crippen MR) is 128 cm³/mol. The number of carboxylic acids is 1. The summed E-state index contributed by atoms with van der Waals surface area (Å²) in [5.74, 6) is -1.48. The van der Waals surface area contributed by atoms with Crippen molar-refractivity contribution in [3.63, 3.8) is 0 Å². The Hall–Kier alpha value is -0.990. The lowest BCUT2D eigenvalue weighted by atomic mass is 10.0. The van der Waals surface area contributed by atoms with Crippen molar-refractivity contribution in [1.82, 2.24) is 5.32 Å². The fraction of sp³-hybridized carbons (Fsp3) is 0.913. The minimum Gasteiger partial charge on any atom is -0.480 e. The first kappa shape index (κ1) is 32.0. The van der Waals surface area contributed by atoms with Crippen LogP contribution in [0, 0.1) is 0 Å². The van der Waals surface area contributed by atoms with Gasteiger partial charge >= 0.3 is 19.8 Å². The zero-order valence-corrected chi connectivity index (χ0v) is 21.5. The second-order valence-corrected chi connectivity index (χ2v) is 9.80. The number of hydrogen-bond acceptors (Lipinski definition) is 7. The Bertz CT molecular complexity index is 547. The van der Waals surface area contributed by atoms with Gasteiger partial charge in [-0.2, -0.15) is 0 Å². The lowest BCUT2D eigenvalue weighted by Crippen LogP contribution is -2.37. The van der Waals surface area contributed by atoms with Crippen molar-refractivity contribution in [3.8, 4) is 0 Å². The molecule has 0 saturated heterocycles. The second kappa shape index (κ2) is 21.5. The standard InChI is InChI=1S/C23H46NO8P/c1-3-4-5-6-7-8-9-10-11-12-13-14-15-17-22(25)30-18-16-19-31-33(28,29)32-20-21(24-2)23(26)27/h21,24H,3-20H2,1-2H3,(H,26,27)(H,28,29). The number of phosphoric ester groups is 1. The van der Waals surface area contributed by atoms with Gasteiger partial charge in [0.2, 0.25) is 0 Å². The van der Waals surface area contributed by atoms with E-state index in [0.29, 0.717) is 6.42 Å². The highest BCUT2D eigenvalue weighted by molar-refractivity contribution is 7.47. The molecule has 0 heterocycles. The van der Waals surface area contributed by atoms with E-state index in [9.17, 15) is 19.0 Å². The van der Waals surface area contributed by atoms with Crippen molar-refractivity contribution in [1.29, 1.82) is 0 Å². The Morgan fingerprint density at radius 1 is 0.818 bits per heavy atom. The van der Waals surface area contributed by atoms with Crippen LogP contribution in [-0.4, -0.2) is 54.8 Å².